The van der Waals surface area contributed by atoms with Gasteiger partial charge < -0.3 is 14.8 Å². The molecule has 0 aliphatic heterocycles. The molecule has 2 rings (SSSR count). The molecule has 0 aliphatic rings. The van der Waals surface area contributed by atoms with Crippen molar-refractivity contribution in [3.05, 3.63) is 48.5 Å². The number of nitrogens with one attached hydrogen (secondary N) is 1. The highest BCUT2D eigenvalue weighted by Gasteiger charge is 2.18. The second kappa shape index (κ2) is 8.48. The van der Waals surface area contributed by atoms with Crippen LogP contribution in [0.4, 0.5) is 5.69 Å². The van der Waals surface area contributed by atoms with E-state index >= 15 is 0 Å². The second-order valence-corrected chi connectivity index (χ2v) is 5.79. The summed E-state index contributed by atoms with van der Waals surface area (Å²) in [6, 6.07) is 15.0. The van der Waals surface area contributed by atoms with E-state index in [4.69, 9.17) is 9.47 Å². The SMILES string of the molecule is CC[C@@H](Oc1cccc(OC)c1)C(=O)Nc1cccc(SC)c1. The first kappa shape index (κ1) is 17.2. The topological polar surface area (TPSA) is 47.6 Å². The molecule has 23 heavy (non-hydrogen) atoms. The molecule has 0 radical (unpaired) electrons. The molecular weight excluding hydrogens is 310 g/mol. The summed E-state index contributed by atoms with van der Waals surface area (Å²) >= 11 is 1.63. The van der Waals surface area contributed by atoms with Gasteiger partial charge in [-0.15, -0.1) is 11.8 Å². The van der Waals surface area contributed by atoms with Crippen molar-refractivity contribution >= 4 is 23.4 Å². The standard InChI is InChI=1S/C18H21NO3S/c1-4-17(22-15-9-6-8-14(12-15)21-2)18(20)19-13-7-5-10-16(11-13)23-3/h5-12,17H,4H2,1-3H3,(H,19,20)/t17-/m1/s1. The van der Waals surface area contributed by atoms with Gasteiger partial charge in [-0.25, -0.2) is 0 Å². The smallest absolute Gasteiger partial charge is 0.265 e. The van der Waals surface area contributed by atoms with Crippen LogP contribution in [0.1, 0.15) is 13.3 Å². The molecule has 5 heteroatoms. The third kappa shape index (κ3) is 4.93. The average molecular weight is 331 g/mol. The van der Waals surface area contributed by atoms with Crippen molar-refractivity contribution in [1.29, 1.82) is 0 Å². The van der Waals surface area contributed by atoms with Gasteiger partial charge in [0, 0.05) is 16.6 Å². The summed E-state index contributed by atoms with van der Waals surface area (Å²) in [5, 5.41) is 2.91. The van der Waals surface area contributed by atoms with E-state index in [1.165, 1.54) is 0 Å². The van der Waals surface area contributed by atoms with Crippen LogP contribution < -0.4 is 14.8 Å². The van der Waals surface area contributed by atoms with Gasteiger partial charge in [-0.3, -0.25) is 4.79 Å². The van der Waals surface area contributed by atoms with Gasteiger partial charge in [0.2, 0.25) is 0 Å². The summed E-state index contributed by atoms with van der Waals surface area (Å²) in [7, 11) is 1.60. The van der Waals surface area contributed by atoms with E-state index in [0.29, 0.717) is 17.9 Å². The maximum absolute atomic E-state index is 12.4. The van der Waals surface area contributed by atoms with Crippen LogP contribution in [-0.4, -0.2) is 25.4 Å². The highest BCUT2D eigenvalue weighted by molar-refractivity contribution is 7.98. The first-order valence-corrected chi connectivity index (χ1v) is 8.64. The van der Waals surface area contributed by atoms with Gasteiger partial charge in [-0.1, -0.05) is 19.1 Å². The van der Waals surface area contributed by atoms with E-state index in [0.717, 1.165) is 10.6 Å². The molecule has 0 saturated heterocycles. The van der Waals surface area contributed by atoms with Crippen LogP contribution >= 0.6 is 11.8 Å². The first-order valence-electron chi connectivity index (χ1n) is 7.42. The number of hydrogen-bond acceptors (Lipinski definition) is 4. The van der Waals surface area contributed by atoms with Gasteiger partial charge in [0.15, 0.2) is 6.10 Å². The third-order valence-corrected chi connectivity index (χ3v) is 4.05. The van der Waals surface area contributed by atoms with Gasteiger partial charge in [0.1, 0.15) is 11.5 Å². The predicted octanol–water partition coefficient (Wildman–Crippen LogP) is 4.21. The molecule has 0 heterocycles. The Morgan fingerprint density at radius 1 is 1.17 bits per heavy atom. The number of anilines is 1. The zero-order valence-electron chi connectivity index (χ0n) is 13.5. The Balaban J connectivity index is 2.05. The average Bonchev–Trinajstić information content (AvgIpc) is 2.59. The molecule has 0 aliphatic carbocycles. The Morgan fingerprint density at radius 2 is 1.91 bits per heavy atom. The lowest BCUT2D eigenvalue weighted by Crippen LogP contribution is -2.32. The van der Waals surface area contributed by atoms with Crippen molar-refractivity contribution in [2.45, 2.75) is 24.3 Å². The zero-order valence-corrected chi connectivity index (χ0v) is 14.4. The molecule has 0 fully saturated rings. The lowest BCUT2D eigenvalue weighted by Gasteiger charge is -2.18. The number of methoxy groups -OCH3 is 1. The Hall–Kier alpha value is -2.14. The maximum Gasteiger partial charge on any atom is 0.265 e. The normalized spacial score (nSPS) is 11.6. The van der Waals surface area contributed by atoms with Crippen LogP contribution in [0, 0.1) is 0 Å². The van der Waals surface area contributed by atoms with Crippen molar-refractivity contribution in [1.82, 2.24) is 0 Å². The van der Waals surface area contributed by atoms with Crippen LogP contribution in [0.15, 0.2) is 53.4 Å². The minimum absolute atomic E-state index is 0.159. The van der Waals surface area contributed by atoms with Crippen molar-refractivity contribution in [3.63, 3.8) is 0 Å². The van der Waals surface area contributed by atoms with Crippen molar-refractivity contribution in [2.75, 3.05) is 18.7 Å². The molecule has 1 atom stereocenters. The third-order valence-electron chi connectivity index (χ3n) is 3.32. The fraction of sp³-hybridized carbons (Fsp3) is 0.278. The van der Waals surface area contributed by atoms with Crippen molar-refractivity contribution in [2.24, 2.45) is 0 Å². The van der Waals surface area contributed by atoms with Crippen molar-refractivity contribution in [3.8, 4) is 11.5 Å². The summed E-state index contributed by atoms with van der Waals surface area (Å²) in [5.41, 5.74) is 0.773. The maximum atomic E-state index is 12.4. The molecular formula is C18H21NO3S. The number of rotatable bonds is 7. The number of carbonyl (C=O) groups excluding carboxylic acids is 1. The van der Waals surface area contributed by atoms with Gasteiger partial charge in [0.05, 0.1) is 7.11 Å². The Labute approximate surface area is 141 Å². The molecule has 0 unspecified atom stereocenters. The van der Waals surface area contributed by atoms with E-state index in [1.54, 1.807) is 24.9 Å². The zero-order chi connectivity index (χ0) is 16.7. The minimum atomic E-state index is -0.556. The van der Waals surface area contributed by atoms with Crippen LogP contribution in [-0.2, 0) is 4.79 Å². The Morgan fingerprint density at radius 3 is 2.61 bits per heavy atom. The number of ether oxygens (including phenoxy) is 2. The van der Waals surface area contributed by atoms with E-state index in [9.17, 15) is 4.79 Å². The molecule has 1 N–H and O–H groups in total. The lowest BCUT2D eigenvalue weighted by molar-refractivity contribution is -0.122. The number of hydrogen-bond donors (Lipinski definition) is 1. The molecule has 2 aromatic carbocycles. The Bertz CT molecular complexity index is 660. The van der Waals surface area contributed by atoms with Crippen LogP contribution in [0.2, 0.25) is 0 Å². The predicted molar refractivity (Wildman–Crippen MR) is 94.6 cm³/mol. The van der Waals surface area contributed by atoms with Gasteiger partial charge in [0.25, 0.3) is 5.91 Å². The van der Waals surface area contributed by atoms with E-state index in [2.05, 4.69) is 5.32 Å². The molecule has 0 saturated carbocycles. The second-order valence-electron chi connectivity index (χ2n) is 4.91. The Kier molecular flexibility index (Phi) is 6.35. The minimum Gasteiger partial charge on any atom is -0.497 e. The highest BCUT2D eigenvalue weighted by Crippen LogP contribution is 2.22. The van der Waals surface area contributed by atoms with Crippen LogP contribution in [0.3, 0.4) is 0 Å². The van der Waals surface area contributed by atoms with Crippen molar-refractivity contribution < 1.29 is 14.3 Å². The number of carbonyl (C=O) groups is 1. The largest absolute Gasteiger partial charge is 0.497 e. The van der Waals surface area contributed by atoms with Crippen LogP contribution in [0.5, 0.6) is 11.5 Å². The van der Waals surface area contributed by atoms with Gasteiger partial charge in [-0.05, 0) is 43.0 Å². The summed E-state index contributed by atoms with van der Waals surface area (Å²) in [6.45, 7) is 1.92. The molecule has 0 bridgehead atoms. The van der Waals surface area contributed by atoms with Gasteiger partial charge in [-0.2, -0.15) is 0 Å². The molecule has 1 amide bonds. The van der Waals surface area contributed by atoms with E-state index in [1.807, 2.05) is 55.6 Å². The van der Waals surface area contributed by atoms with E-state index in [-0.39, 0.29) is 5.91 Å². The fourth-order valence-electron chi connectivity index (χ4n) is 2.08. The summed E-state index contributed by atoms with van der Waals surface area (Å²) in [6.07, 6.45) is 2.02. The molecule has 0 aromatic heterocycles. The highest BCUT2D eigenvalue weighted by atomic mass is 32.2. The molecule has 122 valence electrons. The monoisotopic (exact) mass is 331 g/mol. The van der Waals surface area contributed by atoms with E-state index < -0.39 is 6.10 Å². The van der Waals surface area contributed by atoms with Crippen LogP contribution in [0.25, 0.3) is 0 Å². The number of benzene rings is 2. The first-order chi connectivity index (χ1) is 11.2. The molecule has 2 aromatic rings. The lowest BCUT2D eigenvalue weighted by atomic mass is 10.2. The summed E-state index contributed by atoms with van der Waals surface area (Å²) in [5.74, 6) is 1.16. The summed E-state index contributed by atoms with van der Waals surface area (Å²) in [4.78, 5) is 13.5. The fourth-order valence-corrected chi connectivity index (χ4v) is 2.54. The number of amides is 1. The van der Waals surface area contributed by atoms with Gasteiger partial charge >= 0.3 is 0 Å². The quantitative estimate of drug-likeness (QED) is 0.772. The number of thioether (sulfide) groups is 1. The summed E-state index contributed by atoms with van der Waals surface area (Å²) < 4.78 is 11.0. The molecule has 0 spiro atoms. The molecule has 4 nitrogen and oxygen atoms in total.